The zero-order valence-corrected chi connectivity index (χ0v) is 11.6. The number of amides is 1. The fourth-order valence-electron chi connectivity index (χ4n) is 1.85. The summed E-state index contributed by atoms with van der Waals surface area (Å²) < 4.78 is 29.2. The molecule has 0 spiro atoms. The van der Waals surface area contributed by atoms with Gasteiger partial charge in [0.25, 0.3) is 12.3 Å². The highest BCUT2D eigenvalue weighted by Gasteiger charge is 2.08. The zero-order chi connectivity index (χ0) is 15.9. The molecule has 22 heavy (non-hydrogen) atoms. The number of anilines is 1. The van der Waals surface area contributed by atoms with E-state index in [1.807, 2.05) is 6.07 Å². The predicted octanol–water partition coefficient (Wildman–Crippen LogP) is 2.44. The van der Waals surface area contributed by atoms with Gasteiger partial charge in [-0.15, -0.1) is 0 Å². The van der Waals surface area contributed by atoms with Crippen LogP contribution in [0.4, 0.5) is 14.5 Å². The van der Waals surface area contributed by atoms with Crippen LogP contribution in [0.15, 0.2) is 42.7 Å². The van der Waals surface area contributed by atoms with Gasteiger partial charge in [-0.05, 0) is 23.8 Å². The molecule has 116 valence electrons. The molecular weight excluding hydrogens is 292 g/mol. The van der Waals surface area contributed by atoms with Crippen molar-refractivity contribution in [3.05, 3.63) is 53.9 Å². The van der Waals surface area contributed by atoms with Crippen LogP contribution < -0.4 is 15.8 Å². The molecule has 0 aliphatic carbocycles. The third kappa shape index (κ3) is 4.41. The quantitative estimate of drug-likeness (QED) is 0.823. The standard InChI is InChI=1S/C15H15F2N3O2/c16-14(17)9-22-11-3-1-2-10(6-11)7-20-13-4-5-19-8-12(13)15(18)21/h1-6,8,14H,7,9H2,(H2,18,21)(H,19,20). The number of nitrogens with one attached hydrogen (secondary N) is 1. The lowest BCUT2D eigenvalue weighted by atomic mass is 10.2. The van der Waals surface area contributed by atoms with E-state index in [2.05, 4.69) is 10.3 Å². The van der Waals surface area contributed by atoms with Gasteiger partial charge in [0.1, 0.15) is 12.4 Å². The maximum Gasteiger partial charge on any atom is 0.272 e. The lowest BCUT2D eigenvalue weighted by Crippen LogP contribution is -2.14. The van der Waals surface area contributed by atoms with Gasteiger partial charge in [0.05, 0.1) is 11.3 Å². The van der Waals surface area contributed by atoms with Gasteiger partial charge in [0.2, 0.25) is 0 Å². The molecule has 1 aromatic heterocycles. The van der Waals surface area contributed by atoms with Crippen LogP contribution >= 0.6 is 0 Å². The summed E-state index contributed by atoms with van der Waals surface area (Å²) in [6, 6.07) is 8.41. The Bertz CT molecular complexity index is 650. The number of primary amides is 1. The molecule has 0 unspecified atom stereocenters. The number of aromatic nitrogens is 1. The molecule has 0 radical (unpaired) electrons. The first-order chi connectivity index (χ1) is 10.6. The Labute approximate surface area is 126 Å². The van der Waals surface area contributed by atoms with Crippen molar-refractivity contribution in [2.24, 2.45) is 5.73 Å². The summed E-state index contributed by atoms with van der Waals surface area (Å²) in [6.07, 6.45) is 0.403. The smallest absolute Gasteiger partial charge is 0.272 e. The second-order valence-corrected chi connectivity index (χ2v) is 4.49. The molecule has 2 rings (SSSR count). The van der Waals surface area contributed by atoms with E-state index in [0.29, 0.717) is 18.0 Å². The Morgan fingerprint density at radius 1 is 1.36 bits per heavy atom. The van der Waals surface area contributed by atoms with E-state index in [9.17, 15) is 13.6 Å². The Balaban J connectivity index is 2.03. The van der Waals surface area contributed by atoms with E-state index < -0.39 is 18.9 Å². The number of nitrogens with two attached hydrogens (primary N) is 1. The van der Waals surface area contributed by atoms with Crippen LogP contribution in [0.2, 0.25) is 0 Å². The highest BCUT2D eigenvalue weighted by Crippen LogP contribution is 2.17. The highest BCUT2D eigenvalue weighted by atomic mass is 19.3. The normalized spacial score (nSPS) is 10.5. The fraction of sp³-hybridized carbons (Fsp3) is 0.200. The Kier molecular flexibility index (Phi) is 5.24. The van der Waals surface area contributed by atoms with Crippen molar-refractivity contribution in [2.75, 3.05) is 11.9 Å². The summed E-state index contributed by atoms with van der Waals surface area (Å²) in [7, 11) is 0. The summed E-state index contributed by atoms with van der Waals surface area (Å²) in [5.41, 5.74) is 6.93. The molecule has 0 aliphatic rings. The minimum Gasteiger partial charge on any atom is -0.488 e. The van der Waals surface area contributed by atoms with Gasteiger partial charge in [-0.3, -0.25) is 9.78 Å². The second-order valence-electron chi connectivity index (χ2n) is 4.49. The minimum atomic E-state index is -2.52. The summed E-state index contributed by atoms with van der Waals surface area (Å²) in [4.78, 5) is 15.1. The first-order valence-corrected chi connectivity index (χ1v) is 6.54. The molecule has 1 aromatic carbocycles. The van der Waals surface area contributed by atoms with Crippen LogP contribution in [0.25, 0.3) is 0 Å². The maximum absolute atomic E-state index is 12.1. The number of hydrogen-bond acceptors (Lipinski definition) is 4. The van der Waals surface area contributed by atoms with Crippen LogP contribution in [0, 0.1) is 0 Å². The van der Waals surface area contributed by atoms with Crippen molar-refractivity contribution < 1.29 is 18.3 Å². The summed E-state index contributed by atoms with van der Waals surface area (Å²) in [6.45, 7) is -0.261. The van der Waals surface area contributed by atoms with Crippen molar-refractivity contribution in [1.82, 2.24) is 4.98 Å². The monoisotopic (exact) mass is 307 g/mol. The van der Waals surface area contributed by atoms with Crippen molar-refractivity contribution in [2.45, 2.75) is 13.0 Å². The fourth-order valence-corrected chi connectivity index (χ4v) is 1.85. The van der Waals surface area contributed by atoms with Gasteiger partial charge in [-0.1, -0.05) is 12.1 Å². The molecule has 1 amide bonds. The number of carbonyl (C=O) groups excluding carboxylic acids is 1. The molecule has 0 atom stereocenters. The van der Waals surface area contributed by atoms with Gasteiger partial charge >= 0.3 is 0 Å². The van der Waals surface area contributed by atoms with E-state index in [0.717, 1.165) is 5.56 Å². The Hall–Kier alpha value is -2.70. The van der Waals surface area contributed by atoms with Crippen LogP contribution in [-0.4, -0.2) is 23.9 Å². The van der Waals surface area contributed by atoms with E-state index in [-0.39, 0.29) is 5.56 Å². The van der Waals surface area contributed by atoms with E-state index in [4.69, 9.17) is 10.5 Å². The number of halogens is 2. The number of pyridine rings is 1. The summed E-state index contributed by atoms with van der Waals surface area (Å²) in [5.74, 6) is -0.214. The molecule has 0 aliphatic heterocycles. The van der Waals surface area contributed by atoms with Crippen molar-refractivity contribution in [3.8, 4) is 5.75 Å². The molecular formula is C15H15F2N3O2. The summed E-state index contributed by atoms with van der Waals surface area (Å²) >= 11 is 0. The lowest BCUT2D eigenvalue weighted by molar-refractivity contribution is 0.0818. The van der Waals surface area contributed by atoms with E-state index in [1.54, 1.807) is 24.3 Å². The molecule has 0 bridgehead atoms. The van der Waals surface area contributed by atoms with Gasteiger partial charge in [0, 0.05) is 18.9 Å². The first kappa shape index (κ1) is 15.7. The molecule has 2 aromatic rings. The largest absolute Gasteiger partial charge is 0.488 e. The summed E-state index contributed by atoms with van der Waals surface area (Å²) in [5, 5.41) is 3.06. The molecule has 3 N–H and O–H groups in total. The van der Waals surface area contributed by atoms with Gasteiger partial charge in [-0.25, -0.2) is 8.78 Å². The van der Waals surface area contributed by atoms with Gasteiger partial charge in [-0.2, -0.15) is 0 Å². The Morgan fingerprint density at radius 3 is 2.91 bits per heavy atom. The number of hydrogen-bond donors (Lipinski definition) is 2. The molecule has 7 heteroatoms. The molecule has 0 saturated heterocycles. The third-order valence-corrected chi connectivity index (χ3v) is 2.84. The maximum atomic E-state index is 12.1. The average molecular weight is 307 g/mol. The number of alkyl halides is 2. The Morgan fingerprint density at radius 2 is 2.18 bits per heavy atom. The van der Waals surface area contributed by atoms with Gasteiger partial charge in [0.15, 0.2) is 0 Å². The minimum absolute atomic E-state index is 0.285. The van der Waals surface area contributed by atoms with Gasteiger partial charge < -0.3 is 15.8 Å². The van der Waals surface area contributed by atoms with E-state index in [1.165, 1.54) is 12.4 Å². The average Bonchev–Trinajstić information content (AvgIpc) is 2.51. The van der Waals surface area contributed by atoms with Crippen molar-refractivity contribution >= 4 is 11.6 Å². The third-order valence-electron chi connectivity index (χ3n) is 2.84. The van der Waals surface area contributed by atoms with Crippen molar-refractivity contribution in [3.63, 3.8) is 0 Å². The SMILES string of the molecule is NC(=O)c1cnccc1NCc1cccc(OCC(F)F)c1. The highest BCUT2D eigenvalue weighted by molar-refractivity contribution is 5.98. The number of carbonyl (C=O) groups is 1. The molecule has 0 fully saturated rings. The molecule has 0 saturated carbocycles. The van der Waals surface area contributed by atoms with Crippen LogP contribution in [0.5, 0.6) is 5.75 Å². The van der Waals surface area contributed by atoms with Crippen LogP contribution in [0.3, 0.4) is 0 Å². The van der Waals surface area contributed by atoms with Crippen LogP contribution in [-0.2, 0) is 6.54 Å². The number of rotatable bonds is 7. The predicted molar refractivity (Wildman–Crippen MR) is 78.0 cm³/mol. The van der Waals surface area contributed by atoms with Crippen LogP contribution in [0.1, 0.15) is 15.9 Å². The second kappa shape index (κ2) is 7.35. The zero-order valence-electron chi connectivity index (χ0n) is 11.6. The lowest BCUT2D eigenvalue weighted by Gasteiger charge is -2.11. The number of benzene rings is 1. The number of nitrogens with zero attached hydrogens (tertiary/aromatic N) is 1. The molecule has 5 nitrogen and oxygen atoms in total. The number of ether oxygens (including phenoxy) is 1. The topological polar surface area (TPSA) is 77.2 Å². The first-order valence-electron chi connectivity index (χ1n) is 6.54. The van der Waals surface area contributed by atoms with Crippen molar-refractivity contribution in [1.29, 1.82) is 0 Å². The molecule has 1 heterocycles. The van der Waals surface area contributed by atoms with E-state index >= 15 is 0 Å².